The van der Waals surface area contributed by atoms with E-state index in [9.17, 15) is 4.39 Å². The van der Waals surface area contributed by atoms with Gasteiger partial charge in [0.05, 0.1) is 6.54 Å². The Balaban J connectivity index is 1.65. The average molecular weight is 297 g/mol. The average Bonchev–Trinajstić information content (AvgIpc) is 2.97. The van der Waals surface area contributed by atoms with Gasteiger partial charge in [0.1, 0.15) is 5.82 Å². The summed E-state index contributed by atoms with van der Waals surface area (Å²) in [7, 11) is 1.99. The van der Waals surface area contributed by atoms with Gasteiger partial charge in [0.15, 0.2) is 0 Å². The fraction of sp³-hybridized carbons (Fsp3) is 0.176. The first-order valence-corrected chi connectivity index (χ1v) is 7.02. The minimum absolute atomic E-state index is 0.282. The van der Waals surface area contributed by atoms with Gasteiger partial charge in [-0.15, -0.1) is 0 Å². The van der Waals surface area contributed by atoms with Gasteiger partial charge in [-0.2, -0.15) is 4.98 Å². The van der Waals surface area contributed by atoms with E-state index < -0.39 is 0 Å². The third kappa shape index (κ3) is 3.56. The van der Waals surface area contributed by atoms with E-state index in [0.717, 1.165) is 12.1 Å². The van der Waals surface area contributed by atoms with Gasteiger partial charge in [0.25, 0.3) is 0 Å². The van der Waals surface area contributed by atoms with Gasteiger partial charge in [0.2, 0.25) is 11.7 Å². The van der Waals surface area contributed by atoms with Crippen LogP contribution in [0.15, 0.2) is 59.1 Å². The zero-order valence-corrected chi connectivity index (χ0v) is 12.2. The van der Waals surface area contributed by atoms with Crippen molar-refractivity contribution in [2.45, 2.75) is 13.1 Å². The Morgan fingerprint density at radius 3 is 2.45 bits per heavy atom. The molecular weight excluding hydrogens is 281 g/mol. The molecular formula is C17H16FN3O. The van der Waals surface area contributed by atoms with Crippen molar-refractivity contribution in [3.63, 3.8) is 0 Å². The molecule has 0 aliphatic heterocycles. The largest absolute Gasteiger partial charge is 0.338 e. The van der Waals surface area contributed by atoms with E-state index >= 15 is 0 Å². The molecule has 0 atom stereocenters. The molecule has 112 valence electrons. The van der Waals surface area contributed by atoms with Crippen LogP contribution in [0.2, 0.25) is 0 Å². The maximum Gasteiger partial charge on any atom is 0.241 e. The van der Waals surface area contributed by atoms with Crippen molar-refractivity contribution >= 4 is 0 Å². The Morgan fingerprint density at radius 1 is 1.00 bits per heavy atom. The molecule has 2 aromatic carbocycles. The number of halogens is 1. The highest BCUT2D eigenvalue weighted by molar-refractivity contribution is 5.53. The van der Waals surface area contributed by atoms with E-state index in [0.29, 0.717) is 18.3 Å². The number of benzene rings is 2. The van der Waals surface area contributed by atoms with Crippen molar-refractivity contribution in [3.05, 3.63) is 71.9 Å². The number of hydrogen-bond acceptors (Lipinski definition) is 4. The van der Waals surface area contributed by atoms with Crippen LogP contribution in [0.4, 0.5) is 4.39 Å². The molecule has 3 aromatic rings. The van der Waals surface area contributed by atoms with E-state index in [-0.39, 0.29) is 5.82 Å². The quantitative estimate of drug-likeness (QED) is 0.723. The molecule has 0 unspecified atom stereocenters. The van der Waals surface area contributed by atoms with Gasteiger partial charge < -0.3 is 4.52 Å². The molecule has 0 aliphatic carbocycles. The van der Waals surface area contributed by atoms with Gasteiger partial charge in [-0.05, 0) is 36.9 Å². The number of nitrogens with zero attached hydrogens (tertiary/aromatic N) is 3. The third-order valence-electron chi connectivity index (χ3n) is 3.27. The molecule has 0 bridgehead atoms. The molecule has 0 spiro atoms. The molecule has 1 aromatic heterocycles. The van der Waals surface area contributed by atoms with Gasteiger partial charge in [0, 0.05) is 12.1 Å². The number of hydrogen-bond donors (Lipinski definition) is 0. The van der Waals surface area contributed by atoms with Crippen LogP contribution in [0.3, 0.4) is 0 Å². The van der Waals surface area contributed by atoms with Crippen molar-refractivity contribution < 1.29 is 8.91 Å². The van der Waals surface area contributed by atoms with Gasteiger partial charge in [-0.3, -0.25) is 4.90 Å². The molecule has 22 heavy (non-hydrogen) atoms. The van der Waals surface area contributed by atoms with Crippen LogP contribution in [0.5, 0.6) is 0 Å². The highest BCUT2D eigenvalue weighted by atomic mass is 19.1. The highest BCUT2D eigenvalue weighted by Gasteiger charge is 2.11. The van der Waals surface area contributed by atoms with Crippen LogP contribution in [0.25, 0.3) is 11.4 Å². The second-order valence-electron chi connectivity index (χ2n) is 5.18. The molecule has 0 saturated heterocycles. The summed E-state index contributed by atoms with van der Waals surface area (Å²) in [5, 5.41) is 3.94. The van der Waals surface area contributed by atoms with Crippen molar-refractivity contribution in [2.75, 3.05) is 7.05 Å². The minimum atomic E-state index is -0.282. The molecule has 0 aliphatic rings. The summed E-state index contributed by atoms with van der Waals surface area (Å²) in [6.45, 7) is 1.36. The topological polar surface area (TPSA) is 42.2 Å². The summed E-state index contributed by atoms with van der Waals surface area (Å²) in [6.07, 6.45) is 0. The Hall–Kier alpha value is -2.53. The van der Waals surface area contributed by atoms with Crippen LogP contribution in [-0.4, -0.2) is 22.1 Å². The maximum absolute atomic E-state index is 12.9. The first kappa shape index (κ1) is 14.4. The molecule has 0 amide bonds. The van der Waals surface area contributed by atoms with Crippen LogP contribution in [-0.2, 0) is 13.1 Å². The molecule has 0 radical (unpaired) electrons. The molecule has 3 rings (SSSR count). The lowest BCUT2D eigenvalue weighted by Crippen LogP contribution is -2.17. The molecule has 0 N–H and O–H groups in total. The van der Waals surface area contributed by atoms with E-state index in [2.05, 4.69) is 27.2 Å². The zero-order chi connectivity index (χ0) is 15.4. The summed E-state index contributed by atoms with van der Waals surface area (Å²) in [6, 6.07) is 16.2. The number of rotatable bonds is 5. The van der Waals surface area contributed by atoms with Crippen LogP contribution in [0, 0.1) is 5.82 Å². The highest BCUT2D eigenvalue weighted by Crippen LogP contribution is 2.17. The molecule has 0 saturated carbocycles. The predicted molar refractivity (Wildman–Crippen MR) is 81.3 cm³/mol. The zero-order valence-electron chi connectivity index (χ0n) is 12.2. The summed E-state index contributed by atoms with van der Waals surface area (Å²) in [4.78, 5) is 6.44. The summed E-state index contributed by atoms with van der Waals surface area (Å²) in [5.41, 5.74) is 1.96. The van der Waals surface area contributed by atoms with Crippen molar-refractivity contribution in [3.8, 4) is 11.4 Å². The smallest absolute Gasteiger partial charge is 0.241 e. The minimum Gasteiger partial charge on any atom is -0.338 e. The standard InChI is InChI=1S/C17H16FN3O/c1-21(11-13-5-3-2-4-6-13)12-16-19-17(20-22-16)14-7-9-15(18)10-8-14/h2-10H,11-12H2,1H3. The Labute approximate surface area is 128 Å². The van der Waals surface area contributed by atoms with Crippen molar-refractivity contribution in [1.82, 2.24) is 15.0 Å². The molecule has 0 fully saturated rings. The number of aromatic nitrogens is 2. The van der Waals surface area contributed by atoms with Gasteiger partial charge >= 0.3 is 0 Å². The lowest BCUT2D eigenvalue weighted by molar-refractivity contribution is 0.261. The van der Waals surface area contributed by atoms with E-state index in [1.54, 1.807) is 12.1 Å². The van der Waals surface area contributed by atoms with Crippen molar-refractivity contribution in [1.29, 1.82) is 0 Å². The maximum atomic E-state index is 12.9. The van der Waals surface area contributed by atoms with Crippen LogP contribution < -0.4 is 0 Å². The lowest BCUT2D eigenvalue weighted by atomic mass is 10.2. The van der Waals surface area contributed by atoms with Crippen LogP contribution in [0.1, 0.15) is 11.5 Å². The Bertz CT molecular complexity index is 725. The second-order valence-corrected chi connectivity index (χ2v) is 5.18. The molecule has 5 heteroatoms. The second kappa shape index (κ2) is 6.49. The molecule has 4 nitrogen and oxygen atoms in total. The predicted octanol–water partition coefficient (Wildman–Crippen LogP) is 3.51. The van der Waals surface area contributed by atoms with E-state index in [1.807, 2.05) is 25.2 Å². The first-order valence-electron chi connectivity index (χ1n) is 7.02. The Morgan fingerprint density at radius 2 is 1.73 bits per heavy atom. The fourth-order valence-electron chi connectivity index (χ4n) is 2.22. The fourth-order valence-corrected chi connectivity index (χ4v) is 2.22. The SMILES string of the molecule is CN(Cc1ccccc1)Cc1nc(-c2ccc(F)cc2)no1. The summed E-state index contributed by atoms with van der Waals surface area (Å²) >= 11 is 0. The Kier molecular flexibility index (Phi) is 4.25. The summed E-state index contributed by atoms with van der Waals surface area (Å²) < 4.78 is 18.2. The first-order chi connectivity index (χ1) is 10.7. The van der Waals surface area contributed by atoms with Crippen LogP contribution >= 0.6 is 0 Å². The normalized spacial score (nSPS) is 11.0. The van der Waals surface area contributed by atoms with E-state index in [4.69, 9.17) is 4.52 Å². The van der Waals surface area contributed by atoms with Gasteiger partial charge in [-0.1, -0.05) is 35.5 Å². The molecule has 1 heterocycles. The van der Waals surface area contributed by atoms with E-state index in [1.165, 1.54) is 17.7 Å². The van der Waals surface area contributed by atoms with Crippen molar-refractivity contribution in [2.24, 2.45) is 0 Å². The monoisotopic (exact) mass is 297 g/mol. The third-order valence-corrected chi connectivity index (χ3v) is 3.27. The lowest BCUT2D eigenvalue weighted by Gasteiger charge is -2.13. The summed E-state index contributed by atoms with van der Waals surface area (Å²) in [5.74, 6) is 0.732. The van der Waals surface area contributed by atoms with Gasteiger partial charge in [-0.25, -0.2) is 4.39 Å².